The molecule has 0 aromatic heterocycles. The average molecular weight is 503 g/mol. The Morgan fingerprint density at radius 2 is 1.94 bits per heavy atom. The summed E-state index contributed by atoms with van der Waals surface area (Å²) in [6, 6.07) is 7.20. The minimum absolute atomic E-state index is 0.0574. The molecule has 166 valence electrons. The normalized spacial score (nSPS) is 20.2. The van der Waals surface area contributed by atoms with Crippen LogP contribution in [0.1, 0.15) is 36.5 Å². The molecular formula is C21H19BrF4N2O3. The first-order valence-electron chi connectivity index (χ1n) is 9.66. The van der Waals surface area contributed by atoms with E-state index in [0.717, 1.165) is 10.5 Å². The Morgan fingerprint density at radius 3 is 2.58 bits per heavy atom. The maximum Gasteiger partial charge on any atom is 0.419 e. The van der Waals surface area contributed by atoms with Gasteiger partial charge in [-0.05, 0) is 40.2 Å². The molecule has 0 radical (unpaired) electrons. The predicted octanol–water partition coefficient (Wildman–Crippen LogP) is 5.49. The van der Waals surface area contributed by atoms with Crippen LogP contribution >= 0.6 is 15.9 Å². The van der Waals surface area contributed by atoms with E-state index in [1.54, 1.807) is 0 Å². The van der Waals surface area contributed by atoms with Crippen molar-refractivity contribution in [1.82, 2.24) is 4.90 Å². The molecule has 0 aliphatic carbocycles. The molecule has 2 heterocycles. The number of hydrogen-bond acceptors (Lipinski definition) is 3. The van der Waals surface area contributed by atoms with Gasteiger partial charge in [0.15, 0.2) is 0 Å². The number of aliphatic hydroxyl groups excluding tert-OH is 1. The number of benzene rings is 2. The van der Waals surface area contributed by atoms with Crippen LogP contribution in [0.15, 0.2) is 40.9 Å². The smallest absolute Gasteiger partial charge is 0.419 e. The molecule has 1 atom stereocenters. The minimum atomic E-state index is -4.80. The van der Waals surface area contributed by atoms with Crippen molar-refractivity contribution in [2.75, 3.05) is 18.4 Å². The van der Waals surface area contributed by atoms with E-state index in [1.807, 2.05) is 18.2 Å². The lowest BCUT2D eigenvalue weighted by atomic mass is 9.82. The molecule has 1 saturated heterocycles. The number of anilines is 1. The third-order valence-electron chi connectivity index (χ3n) is 5.73. The van der Waals surface area contributed by atoms with E-state index in [1.165, 1.54) is 4.90 Å². The van der Waals surface area contributed by atoms with Crippen molar-refractivity contribution in [1.29, 1.82) is 0 Å². The molecule has 0 saturated carbocycles. The maximum absolute atomic E-state index is 13.7. The molecule has 4 rings (SSSR count). The summed E-state index contributed by atoms with van der Waals surface area (Å²) in [5, 5.41) is 13.0. The maximum atomic E-state index is 13.7. The summed E-state index contributed by atoms with van der Waals surface area (Å²) in [5.74, 6) is -0.851. The number of urea groups is 1. The van der Waals surface area contributed by atoms with Gasteiger partial charge in [-0.3, -0.25) is 0 Å². The first-order chi connectivity index (χ1) is 14.6. The number of ether oxygens (including phenoxy) is 1. The second-order valence-electron chi connectivity index (χ2n) is 7.77. The lowest BCUT2D eigenvalue weighted by Gasteiger charge is -2.46. The van der Waals surface area contributed by atoms with E-state index >= 15 is 0 Å². The lowest BCUT2D eigenvalue weighted by Crippen LogP contribution is -2.52. The number of piperidine rings is 1. The minimum Gasteiger partial charge on any atom is -0.485 e. The van der Waals surface area contributed by atoms with Gasteiger partial charge in [-0.2, -0.15) is 13.2 Å². The van der Waals surface area contributed by atoms with Crippen molar-refractivity contribution in [2.24, 2.45) is 0 Å². The zero-order valence-corrected chi connectivity index (χ0v) is 17.8. The number of carbonyl (C=O) groups excluding carboxylic acids is 1. The molecule has 2 aromatic carbocycles. The third-order valence-corrected chi connectivity index (χ3v) is 6.35. The van der Waals surface area contributed by atoms with Crippen molar-refractivity contribution in [2.45, 2.75) is 37.1 Å². The van der Waals surface area contributed by atoms with E-state index < -0.39 is 35.3 Å². The number of amides is 2. The summed E-state index contributed by atoms with van der Waals surface area (Å²) < 4.78 is 58.8. The van der Waals surface area contributed by atoms with Gasteiger partial charge in [-0.1, -0.05) is 12.1 Å². The molecule has 0 bridgehead atoms. The van der Waals surface area contributed by atoms with Crippen LogP contribution in [-0.4, -0.2) is 34.7 Å². The SMILES string of the molecule is O=C(Nc1ccc(C(F)(F)F)c(F)c1)N1CCC2(CC1)CC(O)c1cccc(Br)c1O2. The van der Waals surface area contributed by atoms with Crippen molar-refractivity contribution in [3.63, 3.8) is 0 Å². The van der Waals surface area contributed by atoms with Crippen LogP contribution in [0.5, 0.6) is 5.75 Å². The Hall–Kier alpha value is -2.33. The Morgan fingerprint density at radius 1 is 1.23 bits per heavy atom. The van der Waals surface area contributed by atoms with Gasteiger partial charge in [0, 0.05) is 43.6 Å². The summed E-state index contributed by atoms with van der Waals surface area (Å²) in [7, 11) is 0. The fourth-order valence-corrected chi connectivity index (χ4v) is 4.53. The van der Waals surface area contributed by atoms with Crippen LogP contribution in [0.4, 0.5) is 28.0 Å². The summed E-state index contributed by atoms with van der Waals surface area (Å²) in [6.45, 7) is 0.642. The Labute approximate surface area is 184 Å². The number of para-hydroxylation sites is 1. The Kier molecular flexibility index (Phi) is 5.63. The van der Waals surface area contributed by atoms with Crippen molar-refractivity contribution in [3.05, 3.63) is 57.8 Å². The molecule has 1 unspecified atom stereocenters. The van der Waals surface area contributed by atoms with Gasteiger partial charge in [0.05, 0.1) is 16.1 Å². The molecule has 5 nitrogen and oxygen atoms in total. The fraction of sp³-hybridized carbons (Fsp3) is 0.381. The Bertz CT molecular complexity index is 1010. The zero-order valence-electron chi connectivity index (χ0n) is 16.2. The van der Waals surface area contributed by atoms with Crippen molar-refractivity contribution in [3.8, 4) is 5.75 Å². The predicted molar refractivity (Wildman–Crippen MR) is 108 cm³/mol. The van der Waals surface area contributed by atoms with Gasteiger partial charge < -0.3 is 20.1 Å². The first kappa shape index (κ1) is 21.9. The number of alkyl halides is 3. The molecule has 10 heteroatoms. The van der Waals surface area contributed by atoms with Crippen LogP contribution in [-0.2, 0) is 6.18 Å². The van der Waals surface area contributed by atoms with Crippen LogP contribution in [0, 0.1) is 5.82 Å². The quantitative estimate of drug-likeness (QED) is 0.507. The highest BCUT2D eigenvalue weighted by atomic mass is 79.9. The Balaban J connectivity index is 1.41. The van der Waals surface area contributed by atoms with Gasteiger partial charge in [0.25, 0.3) is 0 Å². The molecular weight excluding hydrogens is 484 g/mol. The number of aliphatic hydroxyl groups is 1. The molecule has 2 amide bonds. The number of halogens is 5. The van der Waals surface area contributed by atoms with Gasteiger partial charge in [-0.15, -0.1) is 0 Å². The topological polar surface area (TPSA) is 61.8 Å². The molecule has 2 N–H and O–H groups in total. The zero-order chi connectivity index (χ0) is 22.4. The van der Waals surface area contributed by atoms with Gasteiger partial charge in [0.1, 0.15) is 17.2 Å². The van der Waals surface area contributed by atoms with Crippen LogP contribution in [0.3, 0.4) is 0 Å². The van der Waals surface area contributed by atoms with Crippen LogP contribution in [0.2, 0.25) is 0 Å². The fourth-order valence-electron chi connectivity index (χ4n) is 4.06. The molecule has 1 spiro atoms. The van der Waals surface area contributed by atoms with E-state index in [-0.39, 0.29) is 5.69 Å². The highest BCUT2D eigenvalue weighted by Gasteiger charge is 2.44. The van der Waals surface area contributed by atoms with Crippen LogP contribution in [0.25, 0.3) is 0 Å². The molecule has 2 aliphatic rings. The van der Waals surface area contributed by atoms with E-state index in [4.69, 9.17) is 4.74 Å². The number of rotatable bonds is 1. The van der Waals surface area contributed by atoms with Gasteiger partial charge in [-0.25, -0.2) is 9.18 Å². The number of fused-ring (bicyclic) bond motifs is 1. The van der Waals surface area contributed by atoms with Gasteiger partial charge >= 0.3 is 12.2 Å². The van der Waals surface area contributed by atoms with Gasteiger partial charge in [0.2, 0.25) is 0 Å². The number of likely N-dealkylation sites (tertiary alicyclic amines) is 1. The first-order valence-corrected chi connectivity index (χ1v) is 10.5. The van der Waals surface area contributed by atoms with Crippen molar-refractivity contribution < 1.29 is 32.2 Å². The number of nitrogens with one attached hydrogen (secondary N) is 1. The lowest BCUT2D eigenvalue weighted by molar-refractivity contribution is -0.139. The average Bonchev–Trinajstić information content (AvgIpc) is 2.68. The molecule has 2 aliphatic heterocycles. The highest BCUT2D eigenvalue weighted by Crippen LogP contribution is 2.47. The molecule has 2 aromatic rings. The monoisotopic (exact) mass is 502 g/mol. The second-order valence-corrected chi connectivity index (χ2v) is 8.63. The highest BCUT2D eigenvalue weighted by molar-refractivity contribution is 9.10. The van der Waals surface area contributed by atoms with Crippen LogP contribution < -0.4 is 10.1 Å². The number of carbonyl (C=O) groups is 1. The molecule has 1 fully saturated rings. The second kappa shape index (κ2) is 7.98. The third kappa shape index (κ3) is 4.36. The van der Waals surface area contributed by atoms with E-state index in [0.29, 0.717) is 55.8 Å². The summed E-state index contributed by atoms with van der Waals surface area (Å²) in [4.78, 5) is 14.0. The van der Waals surface area contributed by atoms with E-state index in [2.05, 4.69) is 21.2 Å². The summed E-state index contributed by atoms with van der Waals surface area (Å²) in [6.07, 6.45) is -4.14. The molecule has 31 heavy (non-hydrogen) atoms. The summed E-state index contributed by atoms with van der Waals surface area (Å²) in [5.41, 5.74) is -1.35. The number of nitrogens with zero attached hydrogens (tertiary/aromatic N) is 1. The largest absolute Gasteiger partial charge is 0.485 e. The summed E-state index contributed by atoms with van der Waals surface area (Å²) >= 11 is 3.44. The standard InChI is InChI=1S/C21H19BrF4N2O3/c22-15-3-1-2-13-17(29)11-20(31-18(13)15)6-8-28(9-7-20)19(30)27-12-4-5-14(16(23)10-12)21(24,25)26/h1-5,10,17,29H,6-9,11H2,(H,27,30). The number of hydrogen-bond donors (Lipinski definition) is 2. The van der Waals surface area contributed by atoms with Crippen molar-refractivity contribution >= 4 is 27.6 Å². The van der Waals surface area contributed by atoms with E-state index in [9.17, 15) is 27.5 Å².